The second kappa shape index (κ2) is 3.82. The first-order valence-electron chi connectivity index (χ1n) is 7.90. The predicted molar refractivity (Wildman–Crippen MR) is 81.0 cm³/mol. The van der Waals surface area contributed by atoms with Crippen LogP contribution in [0.2, 0.25) is 0 Å². The molecule has 1 aliphatic carbocycles. The SMILES string of the molecule is CC1(C)C(C(=O)N2C[C@@H]3C[C@H]2c2ccccc2O3)C1(C)C. The topological polar surface area (TPSA) is 29.5 Å². The number of carbonyl (C=O) groups excluding carboxylic acids is 1. The first-order valence-corrected chi connectivity index (χ1v) is 7.90. The van der Waals surface area contributed by atoms with Crippen molar-refractivity contribution in [3.8, 4) is 5.75 Å². The molecule has 1 aromatic carbocycles. The van der Waals surface area contributed by atoms with Gasteiger partial charge in [-0.3, -0.25) is 4.79 Å². The van der Waals surface area contributed by atoms with E-state index in [0.29, 0.717) is 5.91 Å². The standard InChI is InChI=1S/C18H23NO2/c1-17(2)15(18(17,3)4)16(20)19-10-11-9-13(19)12-7-5-6-8-14(12)21-11/h5-8,11,13,15H,9-10H2,1-4H3/t11-,13-/m0/s1. The lowest BCUT2D eigenvalue weighted by Crippen LogP contribution is -2.33. The van der Waals surface area contributed by atoms with Crippen molar-refractivity contribution < 1.29 is 9.53 Å². The van der Waals surface area contributed by atoms with Crippen molar-refractivity contribution >= 4 is 5.91 Å². The summed E-state index contributed by atoms with van der Waals surface area (Å²) in [5.41, 5.74) is 1.37. The van der Waals surface area contributed by atoms with Gasteiger partial charge in [0.25, 0.3) is 0 Å². The zero-order valence-electron chi connectivity index (χ0n) is 13.2. The molecule has 0 spiro atoms. The molecule has 0 aromatic heterocycles. The fraction of sp³-hybridized carbons (Fsp3) is 0.611. The molecule has 0 N–H and O–H groups in total. The van der Waals surface area contributed by atoms with Gasteiger partial charge < -0.3 is 9.64 Å². The molecular weight excluding hydrogens is 262 g/mol. The number of rotatable bonds is 1. The number of amides is 1. The molecule has 1 amide bonds. The van der Waals surface area contributed by atoms with Crippen LogP contribution < -0.4 is 4.74 Å². The lowest BCUT2D eigenvalue weighted by atomic mass is 9.99. The fourth-order valence-corrected chi connectivity index (χ4v) is 4.44. The minimum absolute atomic E-state index is 0.0984. The van der Waals surface area contributed by atoms with E-state index in [1.54, 1.807) is 0 Å². The highest BCUT2D eigenvalue weighted by Crippen LogP contribution is 2.69. The second-order valence-electron chi connectivity index (χ2n) is 7.90. The number of hydrogen-bond donors (Lipinski definition) is 0. The van der Waals surface area contributed by atoms with Crippen LogP contribution in [0.1, 0.15) is 45.7 Å². The van der Waals surface area contributed by atoms with E-state index in [1.807, 2.05) is 18.2 Å². The molecule has 2 fully saturated rings. The third-order valence-corrected chi connectivity index (χ3v) is 6.39. The summed E-state index contributed by atoms with van der Waals surface area (Å²) < 4.78 is 6.01. The summed E-state index contributed by atoms with van der Waals surface area (Å²) in [7, 11) is 0. The highest BCUT2D eigenvalue weighted by molar-refractivity contribution is 5.85. The van der Waals surface area contributed by atoms with Gasteiger partial charge in [-0.2, -0.15) is 0 Å². The summed E-state index contributed by atoms with van der Waals surface area (Å²) in [6.45, 7) is 9.58. The minimum atomic E-state index is 0.0984. The van der Waals surface area contributed by atoms with Crippen molar-refractivity contribution in [1.29, 1.82) is 0 Å². The van der Waals surface area contributed by atoms with E-state index < -0.39 is 0 Å². The summed E-state index contributed by atoms with van der Waals surface area (Å²) in [5, 5.41) is 0. The third kappa shape index (κ3) is 1.58. The van der Waals surface area contributed by atoms with Crippen molar-refractivity contribution in [1.82, 2.24) is 4.90 Å². The van der Waals surface area contributed by atoms with Crippen LogP contribution in [0.5, 0.6) is 5.75 Å². The molecule has 1 aromatic rings. The molecule has 3 aliphatic rings. The molecule has 4 rings (SSSR count). The lowest BCUT2D eigenvalue weighted by Gasteiger charge is -2.27. The van der Waals surface area contributed by atoms with Crippen LogP contribution in [-0.2, 0) is 4.79 Å². The summed E-state index contributed by atoms with van der Waals surface area (Å²) in [6.07, 6.45) is 1.11. The normalized spacial score (nSPS) is 31.5. The first kappa shape index (κ1) is 13.2. The van der Waals surface area contributed by atoms with Gasteiger partial charge in [-0.15, -0.1) is 0 Å². The summed E-state index contributed by atoms with van der Waals surface area (Å²) >= 11 is 0. The summed E-state index contributed by atoms with van der Waals surface area (Å²) in [6, 6.07) is 8.37. The van der Waals surface area contributed by atoms with Gasteiger partial charge in [-0.05, 0) is 16.9 Å². The van der Waals surface area contributed by atoms with Gasteiger partial charge in [0.2, 0.25) is 5.91 Å². The highest BCUT2D eigenvalue weighted by Gasteiger charge is 2.69. The monoisotopic (exact) mass is 285 g/mol. The maximum Gasteiger partial charge on any atom is 0.227 e. The van der Waals surface area contributed by atoms with E-state index >= 15 is 0 Å². The van der Waals surface area contributed by atoms with Crippen molar-refractivity contribution in [2.45, 2.75) is 46.3 Å². The van der Waals surface area contributed by atoms with E-state index in [4.69, 9.17) is 4.74 Å². The Labute approximate surface area is 126 Å². The molecule has 2 aliphatic heterocycles. The zero-order valence-corrected chi connectivity index (χ0v) is 13.2. The average molecular weight is 285 g/mol. The van der Waals surface area contributed by atoms with E-state index in [2.05, 4.69) is 38.7 Å². The molecule has 112 valence electrons. The van der Waals surface area contributed by atoms with E-state index in [-0.39, 0.29) is 28.9 Å². The van der Waals surface area contributed by atoms with Crippen LogP contribution in [0, 0.1) is 16.7 Å². The molecule has 1 saturated carbocycles. The van der Waals surface area contributed by atoms with E-state index in [0.717, 1.165) is 18.7 Å². The Kier molecular flexibility index (Phi) is 2.40. The number of nitrogens with zero attached hydrogens (tertiary/aromatic N) is 1. The van der Waals surface area contributed by atoms with Crippen molar-refractivity contribution in [2.24, 2.45) is 16.7 Å². The number of likely N-dealkylation sites (tertiary alicyclic amines) is 1. The van der Waals surface area contributed by atoms with E-state index in [9.17, 15) is 4.79 Å². The van der Waals surface area contributed by atoms with Gasteiger partial charge >= 0.3 is 0 Å². The number of para-hydroxylation sites is 1. The summed E-state index contributed by atoms with van der Waals surface area (Å²) in [5.74, 6) is 1.41. The molecular formula is C18H23NO2. The molecule has 2 bridgehead atoms. The molecule has 21 heavy (non-hydrogen) atoms. The predicted octanol–water partition coefficient (Wildman–Crippen LogP) is 3.40. The zero-order chi connectivity index (χ0) is 15.0. The van der Waals surface area contributed by atoms with Gasteiger partial charge in [0.1, 0.15) is 11.9 Å². The number of fused-ring (bicyclic) bond motifs is 4. The Morgan fingerprint density at radius 2 is 1.86 bits per heavy atom. The average Bonchev–Trinajstić information content (AvgIpc) is 2.69. The van der Waals surface area contributed by atoms with Gasteiger partial charge in [0, 0.05) is 17.9 Å². The van der Waals surface area contributed by atoms with E-state index in [1.165, 1.54) is 5.56 Å². The molecule has 2 heterocycles. The first-order chi connectivity index (χ1) is 9.84. The number of hydrogen-bond acceptors (Lipinski definition) is 2. The Bertz CT molecular complexity index is 605. The Balaban J connectivity index is 1.66. The van der Waals surface area contributed by atoms with Crippen LogP contribution >= 0.6 is 0 Å². The molecule has 3 heteroatoms. The third-order valence-electron chi connectivity index (χ3n) is 6.39. The molecule has 0 radical (unpaired) electrons. The number of benzene rings is 1. The molecule has 1 saturated heterocycles. The largest absolute Gasteiger partial charge is 0.488 e. The van der Waals surface area contributed by atoms with Crippen molar-refractivity contribution in [3.63, 3.8) is 0 Å². The van der Waals surface area contributed by atoms with Gasteiger partial charge in [-0.1, -0.05) is 45.9 Å². The quantitative estimate of drug-likeness (QED) is 0.791. The molecule has 3 nitrogen and oxygen atoms in total. The Hall–Kier alpha value is -1.51. The molecule has 2 atom stereocenters. The van der Waals surface area contributed by atoms with Crippen LogP contribution in [0.25, 0.3) is 0 Å². The summed E-state index contributed by atoms with van der Waals surface area (Å²) in [4.78, 5) is 15.1. The second-order valence-corrected chi connectivity index (χ2v) is 7.90. The van der Waals surface area contributed by atoms with Gasteiger partial charge in [0.05, 0.1) is 12.6 Å². The number of carbonyl (C=O) groups is 1. The smallest absolute Gasteiger partial charge is 0.227 e. The van der Waals surface area contributed by atoms with Crippen LogP contribution in [0.3, 0.4) is 0 Å². The maximum absolute atomic E-state index is 13.1. The van der Waals surface area contributed by atoms with Crippen LogP contribution in [0.4, 0.5) is 0 Å². The van der Waals surface area contributed by atoms with Crippen LogP contribution in [-0.4, -0.2) is 23.5 Å². The molecule has 0 unspecified atom stereocenters. The minimum Gasteiger partial charge on any atom is -0.488 e. The van der Waals surface area contributed by atoms with Crippen LogP contribution in [0.15, 0.2) is 24.3 Å². The lowest BCUT2D eigenvalue weighted by molar-refractivity contribution is -0.134. The van der Waals surface area contributed by atoms with Gasteiger partial charge in [0.15, 0.2) is 0 Å². The van der Waals surface area contributed by atoms with Crippen molar-refractivity contribution in [3.05, 3.63) is 29.8 Å². The van der Waals surface area contributed by atoms with Gasteiger partial charge in [-0.25, -0.2) is 0 Å². The van der Waals surface area contributed by atoms with Crippen molar-refractivity contribution in [2.75, 3.05) is 6.54 Å². The highest BCUT2D eigenvalue weighted by atomic mass is 16.5. The Morgan fingerprint density at radius 3 is 2.52 bits per heavy atom. The Morgan fingerprint density at radius 1 is 1.19 bits per heavy atom. The maximum atomic E-state index is 13.1. The number of ether oxygens (including phenoxy) is 1. The fourth-order valence-electron chi connectivity index (χ4n) is 4.44.